The van der Waals surface area contributed by atoms with Crippen molar-refractivity contribution in [1.82, 2.24) is 0 Å². The molecule has 4 N–H and O–H groups in total. The van der Waals surface area contributed by atoms with E-state index in [0.29, 0.717) is 0 Å². The predicted molar refractivity (Wildman–Crippen MR) is 63.3 cm³/mol. The zero-order valence-electron chi connectivity index (χ0n) is 2.96. The first kappa shape index (κ1) is 16.9. The first-order valence-electron chi connectivity index (χ1n) is 0.676. The molecule has 0 fully saturated rings. The van der Waals surface area contributed by atoms with Gasteiger partial charge >= 0.3 is 78.0 Å². The van der Waals surface area contributed by atoms with Gasteiger partial charge in [-0.25, -0.2) is 0 Å². The molecule has 0 aliphatic rings. The van der Waals surface area contributed by atoms with Gasteiger partial charge < -0.3 is 11.0 Å². The van der Waals surface area contributed by atoms with Crippen LogP contribution in [-0.2, 0) is 1.87 Å². The van der Waals surface area contributed by atoms with Gasteiger partial charge in [0.05, 0.1) is 0 Å². The quantitative estimate of drug-likeness (QED) is 0.343. The van der Waals surface area contributed by atoms with E-state index in [1.54, 1.807) is 0 Å². The molecule has 0 aromatic carbocycles. The summed E-state index contributed by atoms with van der Waals surface area (Å²) in [6, 6.07) is 0. The third kappa shape index (κ3) is 42.9. The van der Waals surface area contributed by atoms with E-state index in [1.807, 2.05) is 0 Å². The van der Waals surface area contributed by atoms with Crippen molar-refractivity contribution in [1.29, 1.82) is 0 Å². The first-order valence-corrected chi connectivity index (χ1v) is 37.1. The van der Waals surface area contributed by atoms with Crippen molar-refractivity contribution in [2.75, 3.05) is 0 Å². The number of hydrogen-bond donors (Lipinski definition) is 0. The first-order chi connectivity index (χ1) is 2.00. The molecule has 0 rings (SSSR count). The van der Waals surface area contributed by atoms with Gasteiger partial charge in [-0.3, -0.25) is 0 Å². The van der Waals surface area contributed by atoms with Gasteiger partial charge in [-0.15, -0.1) is 0 Å². The minimum atomic E-state index is -1.34. The summed E-state index contributed by atoms with van der Waals surface area (Å²) in [5.41, 5.74) is 0. The summed E-state index contributed by atoms with van der Waals surface area (Å²) in [7, 11) is 0. The SMILES string of the molecule is O.O.[I][Ta]([I])([I])[I]. The molecule has 0 saturated carbocycles. The summed E-state index contributed by atoms with van der Waals surface area (Å²) in [6.07, 6.45) is 0. The Morgan fingerprint density at radius 2 is 0.714 bits per heavy atom. The topological polar surface area (TPSA) is 63.0 Å². The second-order valence-corrected chi connectivity index (χ2v) is 141. The molecule has 2 nitrogen and oxygen atoms in total. The van der Waals surface area contributed by atoms with Gasteiger partial charge in [-0.05, 0) is 0 Å². The fourth-order valence-electron chi connectivity index (χ4n) is 0. The molecule has 0 unspecified atom stereocenters. The molecule has 49 valence electrons. The van der Waals surface area contributed by atoms with E-state index in [1.165, 1.54) is 0 Å². The minimum absolute atomic E-state index is 0. The van der Waals surface area contributed by atoms with Crippen molar-refractivity contribution < 1.29 is 12.8 Å². The molecule has 0 aromatic rings. The normalized spacial score (nSPS) is 8.57. The third-order valence-electron chi connectivity index (χ3n) is 0. The average molecular weight is 725 g/mol. The number of rotatable bonds is 0. The maximum atomic E-state index is 2.55. The van der Waals surface area contributed by atoms with E-state index in [0.717, 1.165) is 0 Å². The van der Waals surface area contributed by atoms with Gasteiger partial charge in [0.1, 0.15) is 0 Å². The Morgan fingerprint density at radius 1 is 0.714 bits per heavy atom. The summed E-state index contributed by atoms with van der Waals surface area (Å²) in [4.78, 5) is 0. The van der Waals surface area contributed by atoms with Gasteiger partial charge in [0, 0.05) is 0 Å². The second kappa shape index (κ2) is 7.68. The Balaban J connectivity index is -0.0000000800. The van der Waals surface area contributed by atoms with Crippen molar-refractivity contribution in [2.24, 2.45) is 0 Å². The zero-order valence-corrected chi connectivity index (χ0v) is 14.8. The Bertz CT molecular complexity index is 25.2. The van der Waals surface area contributed by atoms with Crippen LogP contribution in [0, 0.1) is 0 Å². The van der Waals surface area contributed by atoms with E-state index >= 15 is 0 Å². The van der Waals surface area contributed by atoms with Crippen LogP contribution in [0.3, 0.4) is 0 Å². The van der Waals surface area contributed by atoms with E-state index in [-0.39, 0.29) is 11.0 Å². The molecular weight excluding hydrogens is 721 g/mol. The van der Waals surface area contributed by atoms with Crippen molar-refractivity contribution in [2.45, 2.75) is 0 Å². The summed E-state index contributed by atoms with van der Waals surface area (Å²) >= 11 is 10.2. The number of hydrogen-bond acceptors (Lipinski definition) is 0. The molecule has 0 radical (unpaired) electrons. The Kier molecular flexibility index (Phi) is 18.6. The molecule has 0 aromatic heterocycles. The molecule has 0 atom stereocenters. The van der Waals surface area contributed by atoms with Gasteiger partial charge in [0.15, 0.2) is 0 Å². The van der Waals surface area contributed by atoms with Crippen LogP contribution in [0.5, 0.6) is 0 Å². The van der Waals surface area contributed by atoms with Crippen LogP contribution in [0.15, 0.2) is 0 Å². The monoisotopic (exact) mass is 725 g/mol. The van der Waals surface area contributed by atoms with Crippen LogP contribution in [0.2, 0.25) is 0 Å². The number of halogens is 4. The molecule has 0 heterocycles. The molecule has 0 amide bonds. The Morgan fingerprint density at radius 3 is 0.714 bits per heavy atom. The molecule has 0 aliphatic carbocycles. The van der Waals surface area contributed by atoms with E-state index in [2.05, 4.69) is 76.1 Å². The second-order valence-electron chi connectivity index (χ2n) is 0.383. The van der Waals surface area contributed by atoms with Gasteiger partial charge in [-0.2, -0.15) is 0 Å². The third-order valence-corrected chi connectivity index (χ3v) is 0. The van der Waals surface area contributed by atoms with Crippen LogP contribution < -0.4 is 0 Å². The van der Waals surface area contributed by atoms with E-state index in [9.17, 15) is 0 Å². The van der Waals surface area contributed by atoms with Gasteiger partial charge in [0.2, 0.25) is 0 Å². The molecule has 7 heteroatoms. The van der Waals surface area contributed by atoms with Crippen LogP contribution in [0.4, 0.5) is 0 Å². The summed E-state index contributed by atoms with van der Waals surface area (Å²) < 4.78 is -1.34. The predicted octanol–water partition coefficient (Wildman–Crippen LogP) is 1.89. The van der Waals surface area contributed by atoms with E-state index in [4.69, 9.17) is 0 Å². The fraction of sp³-hybridized carbons (Fsp3) is 0. The molecule has 7 heavy (non-hydrogen) atoms. The molecule has 0 spiro atoms. The van der Waals surface area contributed by atoms with Gasteiger partial charge in [-0.1, -0.05) is 0 Å². The van der Waals surface area contributed by atoms with Crippen LogP contribution >= 0.6 is 76.1 Å². The maximum absolute atomic E-state index is 2.55. The zero-order chi connectivity index (χ0) is 4.50. The van der Waals surface area contributed by atoms with Crippen molar-refractivity contribution in [3.05, 3.63) is 0 Å². The summed E-state index contributed by atoms with van der Waals surface area (Å²) in [5.74, 6) is 0. The summed E-state index contributed by atoms with van der Waals surface area (Å²) in [6.45, 7) is 0. The molecule has 0 aliphatic heterocycles. The van der Waals surface area contributed by atoms with Crippen molar-refractivity contribution in [3.63, 3.8) is 0 Å². The molecule has 0 saturated heterocycles. The summed E-state index contributed by atoms with van der Waals surface area (Å²) in [5, 5.41) is 0. The van der Waals surface area contributed by atoms with Crippen LogP contribution in [0.25, 0.3) is 0 Å². The Labute approximate surface area is 86.2 Å². The van der Waals surface area contributed by atoms with Crippen LogP contribution in [-0.4, -0.2) is 11.0 Å². The van der Waals surface area contributed by atoms with Crippen molar-refractivity contribution in [3.8, 4) is 0 Å². The van der Waals surface area contributed by atoms with Crippen LogP contribution in [0.1, 0.15) is 0 Å². The van der Waals surface area contributed by atoms with Gasteiger partial charge in [0.25, 0.3) is 0 Å². The fourth-order valence-corrected chi connectivity index (χ4v) is 0. The van der Waals surface area contributed by atoms with E-state index < -0.39 is 1.87 Å². The van der Waals surface area contributed by atoms with Crippen molar-refractivity contribution >= 4 is 76.1 Å². The Hall–Kier alpha value is 3.58. The average Bonchev–Trinajstić information content (AvgIpc) is 0.722. The standard InChI is InChI=1S/4HI.2H2O.Ta/h4*1H;2*1H2;/q;;;;;;+4/p-4. The molecular formula is H4I4O2Ta. The molecule has 0 bridgehead atoms.